The average molecular weight is 136 g/mol. The zero-order valence-electron chi connectivity index (χ0n) is 5.07. The Morgan fingerprint density at radius 1 is 1.88 bits per heavy atom. The highest BCUT2D eigenvalue weighted by molar-refractivity contribution is 6.30. The molecule has 1 atom stereocenters. The van der Waals surface area contributed by atoms with Crippen molar-refractivity contribution in [3.05, 3.63) is 0 Å². The molecule has 0 aliphatic heterocycles. The molecule has 0 aliphatic rings. The molecule has 2 nitrogen and oxygen atoms in total. The summed E-state index contributed by atoms with van der Waals surface area (Å²) in [5, 5.41) is 6.74. The summed E-state index contributed by atoms with van der Waals surface area (Å²) in [6.45, 7) is 1.91. The van der Waals surface area contributed by atoms with E-state index in [0.717, 1.165) is 6.42 Å². The van der Waals surface area contributed by atoms with Crippen LogP contribution in [0.5, 0.6) is 0 Å². The third-order valence-electron chi connectivity index (χ3n) is 0.863. The molecule has 3 heteroatoms. The van der Waals surface area contributed by atoms with Crippen LogP contribution in [0.1, 0.15) is 13.3 Å². The molecule has 0 bridgehead atoms. The SMILES string of the molecule is CCC(Cl)C(=N)OC. The van der Waals surface area contributed by atoms with Crippen LogP contribution in [0, 0.1) is 5.41 Å². The van der Waals surface area contributed by atoms with E-state index in [1.165, 1.54) is 7.11 Å². The standard InChI is InChI=1S/C5H10ClNO/c1-3-4(6)5(7)8-2/h4,7H,3H2,1-2H3. The Bertz CT molecular complexity index is 84.5. The molecule has 1 N–H and O–H groups in total. The van der Waals surface area contributed by atoms with Crippen molar-refractivity contribution in [1.29, 1.82) is 5.41 Å². The van der Waals surface area contributed by atoms with Crippen molar-refractivity contribution < 1.29 is 4.74 Å². The van der Waals surface area contributed by atoms with E-state index in [-0.39, 0.29) is 11.3 Å². The molecule has 0 aromatic rings. The molecule has 0 saturated heterocycles. The van der Waals surface area contributed by atoms with Gasteiger partial charge in [-0.1, -0.05) is 6.92 Å². The fourth-order valence-electron chi connectivity index (χ4n) is 0.313. The van der Waals surface area contributed by atoms with Crippen LogP contribution in [-0.2, 0) is 4.74 Å². The zero-order chi connectivity index (χ0) is 6.57. The van der Waals surface area contributed by atoms with Crippen LogP contribution in [0.25, 0.3) is 0 Å². The van der Waals surface area contributed by atoms with Gasteiger partial charge in [0.15, 0.2) is 5.90 Å². The van der Waals surface area contributed by atoms with Gasteiger partial charge in [-0.25, -0.2) is 0 Å². The van der Waals surface area contributed by atoms with Crippen molar-refractivity contribution in [3.8, 4) is 0 Å². The molecule has 0 saturated carbocycles. The Labute approximate surface area is 54.3 Å². The van der Waals surface area contributed by atoms with E-state index >= 15 is 0 Å². The lowest BCUT2D eigenvalue weighted by Crippen LogP contribution is -2.13. The fraction of sp³-hybridized carbons (Fsp3) is 0.800. The summed E-state index contributed by atoms with van der Waals surface area (Å²) in [6.07, 6.45) is 0.744. The molecule has 0 amide bonds. The normalized spacial score (nSPS) is 12.9. The highest BCUT2D eigenvalue weighted by Gasteiger charge is 2.06. The summed E-state index contributed by atoms with van der Waals surface area (Å²) >= 11 is 5.57. The van der Waals surface area contributed by atoms with Gasteiger partial charge in [0.25, 0.3) is 0 Å². The smallest absolute Gasteiger partial charge is 0.198 e. The third kappa shape index (κ3) is 2.17. The molecule has 0 aliphatic carbocycles. The Balaban J connectivity index is 3.46. The van der Waals surface area contributed by atoms with Gasteiger partial charge in [-0.3, -0.25) is 5.41 Å². The summed E-state index contributed by atoms with van der Waals surface area (Å²) < 4.78 is 4.55. The topological polar surface area (TPSA) is 33.1 Å². The monoisotopic (exact) mass is 135 g/mol. The lowest BCUT2D eigenvalue weighted by molar-refractivity contribution is 0.386. The van der Waals surface area contributed by atoms with Gasteiger partial charge in [0.2, 0.25) is 0 Å². The summed E-state index contributed by atoms with van der Waals surface area (Å²) in [7, 11) is 1.45. The molecule has 1 unspecified atom stereocenters. The number of halogens is 1. The van der Waals surface area contributed by atoms with E-state index in [1.807, 2.05) is 6.92 Å². The summed E-state index contributed by atoms with van der Waals surface area (Å²) in [6, 6.07) is 0. The number of ether oxygens (including phenoxy) is 1. The van der Waals surface area contributed by atoms with E-state index < -0.39 is 0 Å². The van der Waals surface area contributed by atoms with Crippen molar-refractivity contribution in [2.75, 3.05) is 7.11 Å². The molecule has 8 heavy (non-hydrogen) atoms. The third-order valence-corrected chi connectivity index (χ3v) is 1.37. The van der Waals surface area contributed by atoms with Gasteiger partial charge in [-0.2, -0.15) is 0 Å². The molecule has 0 rings (SSSR count). The number of alkyl halides is 1. The number of methoxy groups -OCH3 is 1. The number of nitrogens with one attached hydrogen (secondary N) is 1. The second kappa shape index (κ2) is 3.72. The van der Waals surface area contributed by atoms with Crippen LogP contribution in [0.3, 0.4) is 0 Å². The largest absolute Gasteiger partial charge is 0.483 e. The Morgan fingerprint density at radius 2 is 2.38 bits per heavy atom. The van der Waals surface area contributed by atoms with Crippen LogP contribution in [0.4, 0.5) is 0 Å². The Hall–Kier alpha value is -0.240. The molecule has 0 heterocycles. The molecule has 0 fully saturated rings. The van der Waals surface area contributed by atoms with Gasteiger partial charge in [0.1, 0.15) is 5.38 Å². The molecule has 0 radical (unpaired) electrons. The molecule has 48 valence electrons. The van der Waals surface area contributed by atoms with Crippen molar-refractivity contribution >= 4 is 17.5 Å². The second-order valence-corrected chi connectivity index (χ2v) is 1.97. The van der Waals surface area contributed by atoms with Gasteiger partial charge < -0.3 is 4.74 Å². The van der Waals surface area contributed by atoms with Crippen LogP contribution in [0.2, 0.25) is 0 Å². The Kier molecular flexibility index (Phi) is 3.61. The Morgan fingerprint density at radius 3 is 2.50 bits per heavy atom. The van der Waals surface area contributed by atoms with Gasteiger partial charge in [-0.15, -0.1) is 11.6 Å². The molecular weight excluding hydrogens is 126 g/mol. The van der Waals surface area contributed by atoms with Crippen molar-refractivity contribution in [3.63, 3.8) is 0 Å². The van der Waals surface area contributed by atoms with Gasteiger partial charge in [-0.05, 0) is 6.42 Å². The quantitative estimate of drug-likeness (QED) is 0.349. The molecular formula is C5H10ClNO. The molecule has 0 aromatic heterocycles. The maximum absolute atomic E-state index is 6.99. The minimum absolute atomic E-state index is 0.147. The predicted molar refractivity (Wildman–Crippen MR) is 34.7 cm³/mol. The van der Waals surface area contributed by atoms with E-state index in [4.69, 9.17) is 17.0 Å². The van der Waals surface area contributed by atoms with Gasteiger partial charge in [0.05, 0.1) is 7.11 Å². The molecule has 0 aromatic carbocycles. The number of hydrogen-bond acceptors (Lipinski definition) is 2. The maximum Gasteiger partial charge on any atom is 0.198 e. The first-order chi connectivity index (χ1) is 3.72. The first-order valence-electron chi connectivity index (χ1n) is 2.48. The van der Waals surface area contributed by atoms with Crippen molar-refractivity contribution in [2.24, 2.45) is 0 Å². The minimum atomic E-state index is -0.250. The van der Waals surface area contributed by atoms with Crippen LogP contribution < -0.4 is 0 Å². The van der Waals surface area contributed by atoms with Crippen LogP contribution in [-0.4, -0.2) is 18.4 Å². The first-order valence-corrected chi connectivity index (χ1v) is 2.92. The number of hydrogen-bond donors (Lipinski definition) is 1. The van der Waals surface area contributed by atoms with Crippen molar-refractivity contribution in [2.45, 2.75) is 18.7 Å². The molecule has 0 spiro atoms. The van der Waals surface area contributed by atoms with Crippen LogP contribution in [0.15, 0.2) is 0 Å². The van der Waals surface area contributed by atoms with E-state index in [9.17, 15) is 0 Å². The van der Waals surface area contributed by atoms with E-state index in [1.54, 1.807) is 0 Å². The second-order valence-electron chi connectivity index (χ2n) is 1.44. The lowest BCUT2D eigenvalue weighted by Gasteiger charge is -2.04. The van der Waals surface area contributed by atoms with E-state index in [0.29, 0.717) is 0 Å². The van der Waals surface area contributed by atoms with Crippen molar-refractivity contribution in [1.82, 2.24) is 0 Å². The number of rotatable bonds is 2. The minimum Gasteiger partial charge on any atom is -0.483 e. The van der Waals surface area contributed by atoms with Gasteiger partial charge >= 0.3 is 0 Å². The maximum atomic E-state index is 6.99. The summed E-state index contributed by atoms with van der Waals surface area (Å²) in [4.78, 5) is 0. The highest BCUT2D eigenvalue weighted by Crippen LogP contribution is 2.01. The zero-order valence-corrected chi connectivity index (χ0v) is 5.83. The lowest BCUT2D eigenvalue weighted by atomic mass is 10.3. The average Bonchev–Trinajstić information content (AvgIpc) is 1.84. The highest BCUT2D eigenvalue weighted by atomic mass is 35.5. The van der Waals surface area contributed by atoms with Gasteiger partial charge in [0, 0.05) is 0 Å². The predicted octanol–water partition coefficient (Wildman–Crippen LogP) is 1.63. The van der Waals surface area contributed by atoms with Crippen LogP contribution >= 0.6 is 11.6 Å². The summed E-state index contributed by atoms with van der Waals surface area (Å²) in [5.41, 5.74) is 0. The first kappa shape index (κ1) is 7.76. The fourth-order valence-corrected chi connectivity index (χ4v) is 0.402. The van der Waals surface area contributed by atoms with E-state index in [2.05, 4.69) is 4.74 Å². The summed E-state index contributed by atoms with van der Waals surface area (Å²) in [5.74, 6) is 0.147.